The van der Waals surface area contributed by atoms with Crippen LogP contribution in [0.5, 0.6) is 0 Å². The third kappa shape index (κ3) is 3.63. The molecule has 5 rings (SSSR count). The summed E-state index contributed by atoms with van der Waals surface area (Å²) in [6.45, 7) is 2.13. The summed E-state index contributed by atoms with van der Waals surface area (Å²) < 4.78 is 7.67. The Labute approximate surface area is 193 Å². The number of nitrogens with zero attached hydrogens (tertiary/aromatic N) is 3. The summed E-state index contributed by atoms with van der Waals surface area (Å²) in [5.74, 6) is 0.360. The fraction of sp³-hybridized carbons (Fsp3) is 0.185. The van der Waals surface area contributed by atoms with Crippen molar-refractivity contribution in [3.63, 3.8) is 0 Å². The van der Waals surface area contributed by atoms with Crippen LogP contribution in [0.15, 0.2) is 84.4 Å². The smallest absolute Gasteiger partial charge is 0.338 e. The molecule has 0 spiro atoms. The molecule has 0 fully saturated rings. The summed E-state index contributed by atoms with van der Waals surface area (Å²) in [5, 5.41) is 3.44. The van der Waals surface area contributed by atoms with Gasteiger partial charge in [-0.3, -0.25) is 4.57 Å². The number of para-hydroxylation sites is 2. The molecule has 1 aromatic heterocycles. The number of carbonyl (C=O) groups is 1. The van der Waals surface area contributed by atoms with Crippen LogP contribution in [-0.4, -0.2) is 36.2 Å². The highest BCUT2D eigenvalue weighted by atomic mass is 16.5. The molecule has 6 nitrogen and oxygen atoms in total. The maximum Gasteiger partial charge on any atom is 0.338 e. The van der Waals surface area contributed by atoms with E-state index in [9.17, 15) is 4.79 Å². The monoisotopic (exact) mass is 438 g/mol. The van der Waals surface area contributed by atoms with Gasteiger partial charge in [0.25, 0.3) is 0 Å². The van der Waals surface area contributed by atoms with Crippen molar-refractivity contribution >= 4 is 34.3 Å². The number of imidazole rings is 1. The number of benzene rings is 3. The molecule has 4 aromatic rings. The fourth-order valence-corrected chi connectivity index (χ4v) is 4.36. The van der Waals surface area contributed by atoms with Crippen molar-refractivity contribution in [2.75, 3.05) is 30.9 Å². The van der Waals surface area contributed by atoms with Gasteiger partial charge in [0.15, 0.2) is 0 Å². The number of anilines is 2. The third-order valence-corrected chi connectivity index (χ3v) is 5.92. The Morgan fingerprint density at radius 3 is 2.39 bits per heavy atom. The number of carbonyl (C=O) groups excluding carboxylic acids is 1. The van der Waals surface area contributed by atoms with E-state index in [-0.39, 0.29) is 12.0 Å². The van der Waals surface area contributed by atoms with Crippen LogP contribution in [0.25, 0.3) is 16.7 Å². The number of ether oxygens (including phenoxy) is 1. The minimum absolute atomic E-state index is 0.300. The minimum atomic E-state index is -0.390. The zero-order valence-corrected chi connectivity index (χ0v) is 18.9. The van der Waals surface area contributed by atoms with E-state index in [4.69, 9.17) is 9.72 Å². The number of hydrogen-bond donors (Lipinski definition) is 1. The molecule has 166 valence electrons. The second-order valence-electron chi connectivity index (χ2n) is 8.18. The number of nitrogens with one attached hydrogen (secondary N) is 1. The van der Waals surface area contributed by atoms with Gasteiger partial charge in [-0.1, -0.05) is 54.6 Å². The number of esters is 1. The molecule has 0 bridgehead atoms. The highest BCUT2D eigenvalue weighted by molar-refractivity contribution is 6.03. The van der Waals surface area contributed by atoms with Crippen LogP contribution in [-0.2, 0) is 9.53 Å². The van der Waals surface area contributed by atoms with Crippen LogP contribution in [0.1, 0.15) is 24.1 Å². The van der Waals surface area contributed by atoms with E-state index in [0.29, 0.717) is 18.1 Å². The van der Waals surface area contributed by atoms with Gasteiger partial charge < -0.3 is 15.0 Å². The second kappa shape index (κ2) is 8.47. The molecule has 0 unspecified atom stereocenters. The Morgan fingerprint density at radius 1 is 1.00 bits per heavy atom. The Balaban J connectivity index is 1.80. The SMILES string of the molecule is CCOC(=O)C1=C(c2ccccc2)Nc2nc3ccccc3n2[C@H]1c1ccc(N(C)C)cc1. The second-order valence-corrected chi connectivity index (χ2v) is 8.18. The summed E-state index contributed by atoms with van der Waals surface area (Å²) in [4.78, 5) is 20.4. The fourth-order valence-electron chi connectivity index (χ4n) is 4.36. The van der Waals surface area contributed by atoms with Crippen molar-refractivity contribution in [1.29, 1.82) is 0 Å². The number of fused-ring (bicyclic) bond motifs is 3. The maximum atomic E-state index is 13.4. The normalized spacial score (nSPS) is 15.2. The summed E-state index contributed by atoms with van der Waals surface area (Å²) >= 11 is 0. The van der Waals surface area contributed by atoms with Gasteiger partial charge in [0.05, 0.1) is 35.0 Å². The summed E-state index contributed by atoms with van der Waals surface area (Å²) in [6.07, 6.45) is 0. The lowest BCUT2D eigenvalue weighted by atomic mass is 9.92. The lowest BCUT2D eigenvalue weighted by Gasteiger charge is -2.31. The predicted octanol–water partition coefficient (Wildman–Crippen LogP) is 5.09. The predicted molar refractivity (Wildman–Crippen MR) is 132 cm³/mol. The van der Waals surface area contributed by atoms with Crippen molar-refractivity contribution in [1.82, 2.24) is 9.55 Å². The zero-order chi connectivity index (χ0) is 22.9. The van der Waals surface area contributed by atoms with Crippen LogP contribution in [0.2, 0.25) is 0 Å². The van der Waals surface area contributed by atoms with E-state index in [1.165, 1.54) is 0 Å². The van der Waals surface area contributed by atoms with Crippen LogP contribution in [0.4, 0.5) is 11.6 Å². The number of hydrogen-bond acceptors (Lipinski definition) is 5. The van der Waals surface area contributed by atoms with Gasteiger partial charge in [-0.2, -0.15) is 0 Å². The van der Waals surface area contributed by atoms with Crippen LogP contribution >= 0.6 is 0 Å². The van der Waals surface area contributed by atoms with Crippen molar-refractivity contribution in [2.24, 2.45) is 0 Å². The molecule has 6 heteroatoms. The molecule has 0 saturated heterocycles. The average Bonchev–Trinajstić information content (AvgIpc) is 3.22. The Kier molecular flexibility index (Phi) is 5.34. The van der Waals surface area contributed by atoms with Crippen molar-refractivity contribution < 1.29 is 9.53 Å². The molecular weight excluding hydrogens is 412 g/mol. The van der Waals surface area contributed by atoms with E-state index in [2.05, 4.69) is 39.0 Å². The van der Waals surface area contributed by atoms with Gasteiger partial charge in [0.2, 0.25) is 5.95 Å². The first kappa shape index (κ1) is 20.8. The molecule has 1 atom stereocenters. The summed E-state index contributed by atoms with van der Waals surface area (Å²) in [5.41, 5.74) is 6.10. The molecule has 0 saturated carbocycles. The van der Waals surface area contributed by atoms with Crippen LogP contribution < -0.4 is 10.2 Å². The van der Waals surface area contributed by atoms with Crippen LogP contribution in [0.3, 0.4) is 0 Å². The lowest BCUT2D eigenvalue weighted by Crippen LogP contribution is -2.29. The number of rotatable bonds is 5. The van der Waals surface area contributed by atoms with Gasteiger partial charge in [0, 0.05) is 19.8 Å². The van der Waals surface area contributed by atoms with Crippen molar-refractivity contribution in [3.05, 3.63) is 95.6 Å². The first-order valence-corrected chi connectivity index (χ1v) is 11.1. The zero-order valence-electron chi connectivity index (χ0n) is 18.9. The molecule has 0 amide bonds. The third-order valence-electron chi connectivity index (χ3n) is 5.92. The molecule has 2 heterocycles. The lowest BCUT2D eigenvalue weighted by molar-refractivity contribution is -0.138. The van der Waals surface area contributed by atoms with Crippen molar-refractivity contribution in [2.45, 2.75) is 13.0 Å². The van der Waals surface area contributed by atoms with E-state index >= 15 is 0 Å². The molecule has 1 aliphatic heterocycles. The molecule has 3 aromatic carbocycles. The summed E-state index contributed by atoms with van der Waals surface area (Å²) in [7, 11) is 4.02. The Hall–Kier alpha value is -4.06. The van der Waals surface area contributed by atoms with E-state index in [1.807, 2.05) is 75.6 Å². The summed E-state index contributed by atoms with van der Waals surface area (Å²) in [6, 6.07) is 25.8. The van der Waals surface area contributed by atoms with E-state index in [1.54, 1.807) is 0 Å². The molecule has 1 aliphatic rings. The van der Waals surface area contributed by atoms with Gasteiger partial charge >= 0.3 is 5.97 Å². The molecule has 1 N–H and O–H groups in total. The van der Waals surface area contributed by atoms with Crippen molar-refractivity contribution in [3.8, 4) is 0 Å². The standard InChI is InChI=1S/C27H26N4O2/c1-4-33-26(32)23-24(18-10-6-5-7-11-18)29-27-28-21-12-8-9-13-22(21)31(27)25(23)19-14-16-20(17-15-19)30(2)3/h5-17,25H,4H2,1-3H3,(H,28,29)/t25-/m0/s1. The molecule has 33 heavy (non-hydrogen) atoms. The largest absolute Gasteiger partial charge is 0.463 e. The molecule has 0 radical (unpaired) electrons. The topological polar surface area (TPSA) is 59.4 Å². The van der Waals surface area contributed by atoms with Crippen LogP contribution in [0, 0.1) is 0 Å². The first-order chi connectivity index (χ1) is 16.1. The quantitative estimate of drug-likeness (QED) is 0.440. The Morgan fingerprint density at radius 2 is 1.70 bits per heavy atom. The maximum absolute atomic E-state index is 13.4. The first-order valence-electron chi connectivity index (χ1n) is 11.1. The van der Waals surface area contributed by atoms with Gasteiger partial charge in [-0.05, 0) is 42.3 Å². The number of aromatic nitrogens is 2. The average molecular weight is 439 g/mol. The van der Waals surface area contributed by atoms with Gasteiger partial charge in [-0.25, -0.2) is 9.78 Å². The van der Waals surface area contributed by atoms with E-state index < -0.39 is 0 Å². The Bertz CT molecular complexity index is 1340. The highest BCUT2D eigenvalue weighted by Gasteiger charge is 2.36. The van der Waals surface area contributed by atoms with E-state index in [0.717, 1.165) is 33.5 Å². The van der Waals surface area contributed by atoms with Gasteiger partial charge in [-0.15, -0.1) is 0 Å². The highest BCUT2D eigenvalue weighted by Crippen LogP contribution is 2.42. The molecular formula is C27H26N4O2. The van der Waals surface area contributed by atoms with Gasteiger partial charge in [0.1, 0.15) is 0 Å². The molecule has 0 aliphatic carbocycles. The minimum Gasteiger partial charge on any atom is -0.463 e.